The summed E-state index contributed by atoms with van der Waals surface area (Å²) in [7, 11) is 0. The van der Waals surface area contributed by atoms with Crippen LogP contribution >= 0.6 is 0 Å². The third kappa shape index (κ3) is 2.25. The molecule has 5 fully saturated rings. The number of pyridine rings is 1. The van der Waals surface area contributed by atoms with Crippen molar-refractivity contribution in [1.82, 2.24) is 19.4 Å². The van der Waals surface area contributed by atoms with E-state index < -0.39 is 0 Å². The van der Waals surface area contributed by atoms with Gasteiger partial charge in [-0.2, -0.15) is 5.26 Å². The van der Waals surface area contributed by atoms with E-state index in [1.54, 1.807) is 6.20 Å². The number of aromatic nitrogens is 3. The highest BCUT2D eigenvalue weighted by Gasteiger charge is 2.60. The largest absolute Gasteiger partial charge is 0.339 e. The van der Waals surface area contributed by atoms with Crippen LogP contribution in [0.5, 0.6) is 0 Å². The minimum atomic E-state index is -0.271. The van der Waals surface area contributed by atoms with Crippen LogP contribution in [0, 0.1) is 40.4 Å². The predicted molar refractivity (Wildman–Crippen MR) is 114 cm³/mol. The SMILES string of the molecule is N#CC1CN(C(=O)C23CC4CC(C2)C(n2c(=O)[nH]c5cnc6c(c52)C=CC6)C(C4)C3)C1. The molecule has 0 radical (unpaired) electrons. The van der Waals surface area contributed by atoms with Gasteiger partial charge in [-0.15, -0.1) is 0 Å². The van der Waals surface area contributed by atoms with Gasteiger partial charge in [0.05, 0.1) is 40.3 Å². The Bertz CT molecular complexity index is 1240. The van der Waals surface area contributed by atoms with Crippen molar-refractivity contribution in [2.75, 3.05) is 13.1 Å². The van der Waals surface area contributed by atoms with Crippen LogP contribution in [0.4, 0.5) is 0 Å². The molecule has 31 heavy (non-hydrogen) atoms. The summed E-state index contributed by atoms with van der Waals surface area (Å²) in [5.74, 6) is 1.57. The van der Waals surface area contributed by atoms with Gasteiger partial charge in [0.15, 0.2) is 0 Å². The van der Waals surface area contributed by atoms with Crippen molar-refractivity contribution in [1.29, 1.82) is 5.26 Å². The molecule has 3 heterocycles. The Kier molecular flexibility index (Phi) is 3.37. The molecular weight excluding hydrogens is 390 g/mol. The zero-order valence-electron chi connectivity index (χ0n) is 17.4. The van der Waals surface area contributed by atoms with Crippen LogP contribution in [0.1, 0.15) is 49.4 Å². The fourth-order valence-electron chi connectivity index (χ4n) is 7.84. The fourth-order valence-corrected chi connectivity index (χ4v) is 7.84. The average molecular weight is 415 g/mol. The Labute approximate surface area is 179 Å². The molecule has 1 aliphatic heterocycles. The van der Waals surface area contributed by atoms with Gasteiger partial charge in [-0.3, -0.25) is 14.3 Å². The molecule has 7 nitrogen and oxygen atoms in total. The predicted octanol–water partition coefficient (Wildman–Crippen LogP) is 2.64. The first kappa shape index (κ1) is 17.8. The molecule has 8 rings (SSSR count). The molecule has 2 atom stereocenters. The summed E-state index contributed by atoms with van der Waals surface area (Å²) < 4.78 is 2.03. The van der Waals surface area contributed by atoms with Crippen LogP contribution in [-0.2, 0) is 11.2 Å². The van der Waals surface area contributed by atoms with Crippen molar-refractivity contribution in [3.05, 3.63) is 34.0 Å². The quantitative estimate of drug-likeness (QED) is 0.816. The Hall–Kier alpha value is -2.88. The summed E-state index contributed by atoms with van der Waals surface area (Å²) in [4.78, 5) is 36.2. The molecule has 1 saturated heterocycles. The second-order valence-corrected chi connectivity index (χ2v) is 10.6. The number of nitrogens with one attached hydrogen (secondary N) is 1. The molecule has 4 saturated carbocycles. The lowest BCUT2D eigenvalue weighted by molar-refractivity contribution is -0.167. The number of imidazole rings is 1. The first-order chi connectivity index (χ1) is 15.1. The monoisotopic (exact) mass is 415 g/mol. The van der Waals surface area contributed by atoms with E-state index in [9.17, 15) is 9.59 Å². The number of amides is 1. The van der Waals surface area contributed by atoms with E-state index in [-0.39, 0.29) is 29.0 Å². The van der Waals surface area contributed by atoms with E-state index in [1.807, 2.05) is 9.47 Å². The Morgan fingerprint density at radius 2 is 2.00 bits per heavy atom. The van der Waals surface area contributed by atoms with E-state index in [4.69, 9.17) is 5.26 Å². The summed E-state index contributed by atoms with van der Waals surface area (Å²) in [5.41, 5.74) is 3.63. The smallest absolute Gasteiger partial charge is 0.326 e. The molecule has 2 aromatic heterocycles. The highest BCUT2D eigenvalue weighted by atomic mass is 16.2. The maximum absolute atomic E-state index is 13.5. The molecule has 6 aliphatic rings. The molecule has 1 amide bonds. The molecule has 2 unspecified atom stereocenters. The standard InChI is InChI=1S/C24H25N5O2/c25-9-14-11-28(12-14)22(30)24-6-13-4-15(7-24)20(16(5-13)8-24)29-21-17-2-1-3-18(17)26-10-19(21)27-23(29)31/h1-2,10,13-16,20H,3-8,11-12H2,(H,27,31). The van der Waals surface area contributed by atoms with Gasteiger partial charge in [0.25, 0.3) is 0 Å². The summed E-state index contributed by atoms with van der Waals surface area (Å²) >= 11 is 0. The van der Waals surface area contributed by atoms with Crippen LogP contribution in [-0.4, -0.2) is 38.4 Å². The van der Waals surface area contributed by atoms with E-state index in [0.29, 0.717) is 30.8 Å². The van der Waals surface area contributed by atoms with Crippen molar-refractivity contribution >= 4 is 23.0 Å². The summed E-state index contributed by atoms with van der Waals surface area (Å²) in [6.45, 7) is 1.18. The van der Waals surface area contributed by atoms with Crippen molar-refractivity contribution in [3.8, 4) is 6.07 Å². The Morgan fingerprint density at radius 3 is 2.74 bits per heavy atom. The van der Waals surface area contributed by atoms with Crippen LogP contribution in [0.25, 0.3) is 17.1 Å². The molecule has 5 aliphatic carbocycles. The number of aromatic amines is 1. The molecule has 0 spiro atoms. The lowest BCUT2D eigenvalue weighted by Gasteiger charge is -2.60. The minimum absolute atomic E-state index is 0.000771. The number of rotatable bonds is 2. The number of likely N-dealkylation sites (tertiary alicyclic amines) is 1. The van der Waals surface area contributed by atoms with E-state index in [1.165, 1.54) is 0 Å². The van der Waals surface area contributed by atoms with Crippen molar-refractivity contribution in [2.45, 2.75) is 44.6 Å². The van der Waals surface area contributed by atoms with Crippen molar-refractivity contribution in [2.24, 2.45) is 29.1 Å². The van der Waals surface area contributed by atoms with Crippen LogP contribution in [0.3, 0.4) is 0 Å². The second kappa shape index (κ2) is 5.87. The summed E-state index contributed by atoms with van der Waals surface area (Å²) in [6.07, 6.45) is 11.8. The van der Waals surface area contributed by atoms with Gasteiger partial charge in [-0.05, 0) is 49.9 Å². The topological polar surface area (TPSA) is 94.8 Å². The number of nitrogens with zero attached hydrogens (tertiary/aromatic N) is 4. The third-order valence-corrected chi connectivity index (χ3v) is 8.79. The van der Waals surface area contributed by atoms with Crippen LogP contribution in [0.15, 0.2) is 17.1 Å². The number of H-pyrrole nitrogens is 1. The number of allylic oxidation sites excluding steroid dienone is 1. The minimum Gasteiger partial charge on any atom is -0.339 e. The van der Waals surface area contributed by atoms with Gasteiger partial charge in [0, 0.05) is 31.1 Å². The van der Waals surface area contributed by atoms with E-state index >= 15 is 0 Å². The zero-order valence-corrected chi connectivity index (χ0v) is 17.4. The molecule has 158 valence electrons. The number of hydrogen-bond acceptors (Lipinski definition) is 4. The highest BCUT2D eigenvalue weighted by molar-refractivity contribution is 5.87. The normalized spacial score (nSPS) is 35.4. The maximum Gasteiger partial charge on any atom is 0.326 e. The first-order valence-corrected chi connectivity index (χ1v) is 11.5. The fraction of sp³-hybridized carbons (Fsp3) is 0.583. The number of hydrogen-bond donors (Lipinski definition) is 1. The molecule has 7 heteroatoms. The number of nitriles is 1. The Balaban J connectivity index is 1.28. The molecule has 0 aromatic carbocycles. The van der Waals surface area contributed by atoms with Gasteiger partial charge < -0.3 is 9.88 Å². The van der Waals surface area contributed by atoms with Gasteiger partial charge in [0.1, 0.15) is 0 Å². The number of fused-ring (bicyclic) bond motifs is 3. The van der Waals surface area contributed by atoms with Gasteiger partial charge >= 0.3 is 5.69 Å². The average Bonchev–Trinajstić information content (AvgIpc) is 3.30. The molecule has 4 bridgehead atoms. The molecule has 1 N–H and O–H groups in total. The van der Waals surface area contributed by atoms with Crippen LogP contribution in [0.2, 0.25) is 0 Å². The number of carbonyl (C=O) groups is 1. The first-order valence-electron chi connectivity index (χ1n) is 11.5. The van der Waals surface area contributed by atoms with E-state index in [0.717, 1.165) is 60.8 Å². The lowest BCUT2D eigenvalue weighted by atomic mass is 9.47. The number of carbonyl (C=O) groups excluding carboxylic acids is 1. The molecule has 2 aromatic rings. The highest BCUT2D eigenvalue weighted by Crippen LogP contribution is 2.64. The maximum atomic E-state index is 13.5. The third-order valence-electron chi connectivity index (χ3n) is 8.79. The van der Waals surface area contributed by atoms with Gasteiger partial charge in [0.2, 0.25) is 5.91 Å². The van der Waals surface area contributed by atoms with Gasteiger partial charge in [-0.1, -0.05) is 12.2 Å². The summed E-state index contributed by atoms with van der Waals surface area (Å²) in [5, 5.41) is 9.11. The second-order valence-electron chi connectivity index (χ2n) is 10.6. The van der Waals surface area contributed by atoms with Crippen molar-refractivity contribution < 1.29 is 4.79 Å². The lowest BCUT2D eigenvalue weighted by Crippen LogP contribution is -2.61. The van der Waals surface area contributed by atoms with E-state index in [2.05, 4.69) is 28.2 Å². The summed E-state index contributed by atoms with van der Waals surface area (Å²) in [6, 6.07) is 2.44. The zero-order chi connectivity index (χ0) is 20.9. The van der Waals surface area contributed by atoms with Crippen LogP contribution < -0.4 is 5.69 Å². The Morgan fingerprint density at radius 1 is 1.23 bits per heavy atom. The van der Waals surface area contributed by atoms with Gasteiger partial charge in [-0.25, -0.2) is 4.79 Å². The van der Waals surface area contributed by atoms with Crippen molar-refractivity contribution in [3.63, 3.8) is 0 Å². The molecular formula is C24H25N5O2.